The second-order valence-electron chi connectivity index (χ2n) is 4.27. The second-order valence-corrected chi connectivity index (χ2v) is 7.27. The maximum atomic E-state index is 12.2. The summed E-state index contributed by atoms with van der Waals surface area (Å²) in [6.07, 6.45) is 0.336. The van der Waals surface area contributed by atoms with Gasteiger partial charge in [0, 0.05) is 12.7 Å². The molecule has 2 atom stereocenters. The number of nitrogen functional groups attached to an aromatic ring is 1. The Morgan fingerprint density at radius 3 is 2.75 bits per heavy atom. The van der Waals surface area contributed by atoms with Crippen LogP contribution in [0.4, 0.5) is 10.7 Å². The SMILES string of the molecule is CC1OCCC1NS(=O)(=O)c1cc([N+](=O)[O-])c(NN)s1. The van der Waals surface area contributed by atoms with Gasteiger partial charge in [0.1, 0.15) is 4.21 Å². The van der Waals surface area contributed by atoms with Gasteiger partial charge in [0.15, 0.2) is 5.00 Å². The van der Waals surface area contributed by atoms with Crippen molar-refractivity contribution in [2.75, 3.05) is 12.0 Å². The summed E-state index contributed by atoms with van der Waals surface area (Å²) in [5, 5.41) is 10.8. The molecule has 9 nitrogen and oxygen atoms in total. The molecule has 1 aliphatic rings. The van der Waals surface area contributed by atoms with Crippen LogP contribution in [0, 0.1) is 10.1 Å². The molecule has 11 heteroatoms. The van der Waals surface area contributed by atoms with Gasteiger partial charge >= 0.3 is 5.69 Å². The van der Waals surface area contributed by atoms with Gasteiger partial charge in [0.25, 0.3) is 10.0 Å². The van der Waals surface area contributed by atoms with Crippen LogP contribution in [0.15, 0.2) is 10.3 Å². The van der Waals surface area contributed by atoms with Crippen LogP contribution in [0.3, 0.4) is 0 Å². The number of nitrogens with one attached hydrogen (secondary N) is 2. The Kier molecular flexibility index (Phi) is 4.25. The molecule has 1 aromatic rings. The number of hydrazine groups is 1. The van der Waals surface area contributed by atoms with Crippen LogP contribution in [0.2, 0.25) is 0 Å². The Balaban J connectivity index is 2.27. The third-order valence-corrected chi connectivity index (χ3v) is 5.98. The molecule has 0 amide bonds. The summed E-state index contributed by atoms with van der Waals surface area (Å²) in [6.45, 7) is 2.25. The van der Waals surface area contributed by atoms with E-state index in [1.165, 1.54) is 0 Å². The Labute approximate surface area is 119 Å². The van der Waals surface area contributed by atoms with Crippen molar-refractivity contribution >= 4 is 32.0 Å². The van der Waals surface area contributed by atoms with Crippen LogP contribution < -0.4 is 16.0 Å². The van der Waals surface area contributed by atoms with Crippen LogP contribution in [-0.4, -0.2) is 32.1 Å². The Morgan fingerprint density at radius 1 is 1.60 bits per heavy atom. The van der Waals surface area contributed by atoms with Crippen LogP contribution in [0.1, 0.15) is 13.3 Å². The number of nitro groups is 1. The third kappa shape index (κ3) is 2.91. The van der Waals surface area contributed by atoms with Crippen molar-refractivity contribution in [3.05, 3.63) is 16.2 Å². The molecule has 2 rings (SSSR count). The van der Waals surface area contributed by atoms with Gasteiger partial charge in [-0.1, -0.05) is 11.3 Å². The van der Waals surface area contributed by atoms with Gasteiger partial charge in [-0.15, -0.1) is 0 Å². The Bertz CT molecular complexity index is 614. The van der Waals surface area contributed by atoms with Crippen molar-refractivity contribution in [1.29, 1.82) is 0 Å². The molecule has 0 saturated carbocycles. The lowest BCUT2D eigenvalue weighted by Gasteiger charge is -2.15. The number of ether oxygens (including phenoxy) is 1. The normalized spacial score (nSPS) is 22.9. The van der Waals surface area contributed by atoms with Crippen molar-refractivity contribution in [2.24, 2.45) is 5.84 Å². The van der Waals surface area contributed by atoms with Gasteiger partial charge in [0.05, 0.1) is 17.1 Å². The Hall–Kier alpha value is -1.27. The van der Waals surface area contributed by atoms with E-state index in [0.717, 1.165) is 6.07 Å². The van der Waals surface area contributed by atoms with E-state index in [1.54, 1.807) is 6.92 Å². The van der Waals surface area contributed by atoms with Gasteiger partial charge in [-0.05, 0) is 13.3 Å². The van der Waals surface area contributed by atoms with E-state index >= 15 is 0 Å². The predicted molar refractivity (Wildman–Crippen MR) is 72.9 cm³/mol. The first kappa shape index (κ1) is 15.1. The lowest BCUT2D eigenvalue weighted by Crippen LogP contribution is -2.38. The molecule has 4 N–H and O–H groups in total. The molecule has 20 heavy (non-hydrogen) atoms. The molecular formula is C9H14N4O5S2. The highest BCUT2D eigenvalue weighted by Gasteiger charge is 2.32. The number of rotatable bonds is 5. The lowest BCUT2D eigenvalue weighted by atomic mass is 10.2. The number of nitrogens with two attached hydrogens (primary N) is 1. The summed E-state index contributed by atoms with van der Waals surface area (Å²) in [6, 6.07) is 0.651. The van der Waals surface area contributed by atoms with Crippen molar-refractivity contribution < 1.29 is 18.1 Å². The summed E-state index contributed by atoms with van der Waals surface area (Å²) in [7, 11) is -3.83. The van der Waals surface area contributed by atoms with Gasteiger partial charge in [-0.3, -0.25) is 10.1 Å². The van der Waals surface area contributed by atoms with Gasteiger partial charge in [-0.2, -0.15) is 0 Å². The third-order valence-electron chi connectivity index (χ3n) is 2.97. The van der Waals surface area contributed by atoms with Gasteiger partial charge in [-0.25, -0.2) is 19.0 Å². The van der Waals surface area contributed by atoms with E-state index in [9.17, 15) is 18.5 Å². The molecule has 1 aliphatic heterocycles. The highest BCUT2D eigenvalue weighted by molar-refractivity contribution is 7.91. The van der Waals surface area contributed by atoms with Gasteiger partial charge < -0.3 is 10.2 Å². The minimum absolute atomic E-state index is 0.00824. The van der Waals surface area contributed by atoms with E-state index in [1.807, 2.05) is 0 Å². The lowest BCUT2D eigenvalue weighted by molar-refractivity contribution is -0.383. The fourth-order valence-electron chi connectivity index (χ4n) is 1.87. The van der Waals surface area contributed by atoms with Crippen molar-refractivity contribution in [3.63, 3.8) is 0 Å². The van der Waals surface area contributed by atoms with E-state index in [0.29, 0.717) is 24.4 Å². The molecule has 112 valence electrons. The molecule has 0 spiro atoms. The smallest absolute Gasteiger partial charge is 0.306 e. The van der Waals surface area contributed by atoms with E-state index < -0.39 is 14.9 Å². The average Bonchev–Trinajstić information content (AvgIpc) is 2.96. The zero-order valence-corrected chi connectivity index (χ0v) is 12.2. The minimum atomic E-state index is -3.83. The summed E-state index contributed by atoms with van der Waals surface area (Å²) >= 11 is 0.710. The monoisotopic (exact) mass is 322 g/mol. The summed E-state index contributed by atoms with van der Waals surface area (Å²) < 4.78 is 32.0. The maximum absolute atomic E-state index is 12.2. The van der Waals surface area contributed by atoms with Gasteiger partial charge in [0.2, 0.25) is 0 Å². The van der Waals surface area contributed by atoms with Crippen LogP contribution in [-0.2, 0) is 14.8 Å². The molecule has 1 aromatic heterocycles. The van der Waals surface area contributed by atoms with Crippen LogP contribution in [0.25, 0.3) is 0 Å². The number of hydrogen-bond donors (Lipinski definition) is 3. The first-order valence-electron chi connectivity index (χ1n) is 5.74. The molecular weight excluding hydrogens is 308 g/mol. The summed E-state index contributed by atoms with van der Waals surface area (Å²) in [5.74, 6) is 5.15. The molecule has 0 bridgehead atoms. The average molecular weight is 322 g/mol. The van der Waals surface area contributed by atoms with E-state index in [4.69, 9.17) is 10.6 Å². The molecule has 2 unspecified atom stereocenters. The van der Waals surface area contributed by atoms with Crippen molar-refractivity contribution in [1.82, 2.24) is 4.72 Å². The maximum Gasteiger partial charge on any atom is 0.306 e. The fourth-order valence-corrected chi connectivity index (χ4v) is 4.47. The van der Waals surface area contributed by atoms with E-state index in [-0.39, 0.29) is 27.0 Å². The first-order valence-corrected chi connectivity index (χ1v) is 8.04. The molecule has 1 saturated heterocycles. The number of anilines is 1. The largest absolute Gasteiger partial charge is 0.377 e. The zero-order valence-electron chi connectivity index (χ0n) is 10.5. The molecule has 2 heterocycles. The standard InChI is InChI=1S/C9H14N4O5S2/c1-5-6(2-3-18-5)12-20(16,17)8-4-7(13(14)15)9(11-10)19-8/h4-6,11-12H,2-3,10H2,1H3. The highest BCUT2D eigenvalue weighted by atomic mass is 32.2. The number of nitrogens with zero attached hydrogens (tertiary/aromatic N) is 1. The number of thiophene rings is 1. The minimum Gasteiger partial charge on any atom is -0.377 e. The van der Waals surface area contributed by atoms with Crippen molar-refractivity contribution in [2.45, 2.75) is 29.7 Å². The summed E-state index contributed by atoms with van der Waals surface area (Å²) in [5.41, 5.74) is 1.76. The second kappa shape index (κ2) is 5.61. The quantitative estimate of drug-likeness (QED) is 0.405. The molecule has 0 aromatic carbocycles. The number of hydrogen-bond acceptors (Lipinski definition) is 8. The van der Waals surface area contributed by atoms with Crippen LogP contribution >= 0.6 is 11.3 Å². The molecule has 0 aliphatic carbocycles. The highest BCUT2D eigenvalue weighted by Crippen LogP contribution is 2.36. The first-order chi connectivity index (χ1) is 9.35. The van der Waals surface area contributed by atoms with E-state index in [2.05, 4.69) is 10.1 Å². The fraction of sp³-hybridized carbons (Fsp3) is 0.556. The van der Waals surface area contributed by atoms with Crippen molar-refractivity contribution in [3.8, 4) is 0 Å². The van der Waals surface area contributed by atoms with Crippen LogP contribution in [0.5, 0.6) is 0 Å². The Morgan fingerprint density at radius 2 is 2.30 bits per heavy atom. The topological polar surface area (TPSA) is 137 Å². The predicted octanol–water partition coefficient (Wildman–Crippen LogP) is 0.398. The summed E-state index contributed by atoms with van der Waals surface area (Å²) in [4.78, 5) is 10.1. The molecule has 0 radical (unpaired) electrons. The zero-order chi connectivity index (χ0) is 14.9. The number of sulfonamides is 1. The molecule has 1 fully saturated rings.